The van der Waals surface area contributed by atoms with E-state index < -0.39 is 23.4 Å². The maximum Gasteiger partial charge on any atom is 0.420 e. The van der Waals surface area contributed by atoms with Crippen LogP contribution in [-0.4, -0.2) is 25.3 Å². The zero-order valence-electron chi connectivity index (χ0n) is 29.2. The molecule has 0 spiro atoms. The maximum absolute atomic E-state index is 16.3. The van der Waals surface area contributed by atoms with Crippen LogP contribution in [0.1, 0.15) is 11.1 Å². The first kappa shape index (κ1) is 33.4. The first-order valence-corrected chi connectivity index (χ1v) is 17.8. The molecule has 0 fully saturated rings. The SMILES string of the molecule is Fc1cc(F)cc(-c2cc(-n3c4c(c5ccc(=C6N=CC=CN6)cc53)CC=CC=4)c(C(F)(F)F)c(-n3c4ccccc4c4ccc(-c5ncccn5)cc43)c2)c1. The number of benzene rings is 5. The quantitative estimate of drug-likeness (QED) is 0.183. The Morgan fingerprint density at radius 2 is 1.36 bits per heavy atom. The fraction of sp³-hybridized carbons (Fsp3) is 0.0444. The molecular formula is C45H27F5N6. The van der Waals surface area contributed by atoms with Crippen molar-refractivity contribution >= 4 is 50.8 Å². The number of nitrogens with zero attached hydrogens (tertiary/aromatic N) is 5. The third-order valence-corrected chi connectivity index (χ3v) is 10.3. The minimum atomic E-state index is -4.92. The minimum absolute atomic E-state index is 0.0795. The molecule has 0 radical (unpaired) electrons. The topological polar surface area (TPSA) is 60.0 Å². The molecule has 6 nitrogen and oxygen atoms in total. The van der Waals surface area contributed by atoms with Gasteiger partial charge in [-0.3, -0.25) is 0 Å². The lowest BCUT2D eigenvalue weighted by atomic mass is 9.98. The summed E-state index contributed by atoms with van der Waals surface area (Å²) in [5, 5.41) is 6.54. The molecule has 272 valence electrons. The number of allylic oxidation sites excluding steroid dienone is 3. The predicted octanol–water partition coefficient (Wildman–Crippen LogP) is 9.29. The van der Waals surface area contributed by atoms with Crippen molar-refractivity contribution in [3.8, 4) is 33.9 Å². The van der Waals surface area contributed by atoms with Crippen LogP contribution in [0.5, 0.6) is 0 Å². The highest BCUT2D eigenvalue weighted by Crippen LogP contribution is 2.45. The number of aliphatic imine (C=N–C) groups is 1. The summed E-state index contributed by atoms with van der Waals surface area (Å²) in [5.74, 6) is -0.773. The summed E-state index contributed by atoms with van der Waals surface area (Å²) >= 11 is 0. The second kappa shape index (κ2) is 12.7. The molecule has 1 aliphatic carbocycles. The fourth-order valence-electron chi connectivity index (χ4n) is 7.96. The van der Waals surface area contributed by atoms with Gasteiger partial charge in [0.25, 0.3) is 0 Å². The summed E-state index contributed by atoms with van der Waals surface area (Å²) in [5.41, 5.74) is 1.85. The highest BCUT2D eigenvalue weighted by molar-refractivity contribution is 6.10. The molecule has 3 aromatic heterocycles. The van der Waals surface area contributed by atoms with Crippen molar-refractivity contribution in [3.63, 3.8) is 0 Å². The van der Waals surface area contributed by atoms with E-state index in [2.05, 4.69) is 20.3 Å². The largest absolute Gasteiger partial charge is 0.420 e. The molecule has 56 heavy (non-hydrogen) atoms. The normalized spacial score (nSPS) is 14.7. The van der Waals surface area contributed by atoms with Crippen molar-refractivity contribution in [2.45, 2.75) is 12.6 Å². The summed E-state index contributed by atoms with van der Waals surface area (Å²) in [4.78, 5) is 13.2. The van der Waals surface area contributed by atoms with E-state index in [1.165, 1.54) is 12.1 Å². The molecule has 8 aromatic rings. The molecule has 1 aliphatic heterocycles. The second-order valence-corrected chi connectivity index (χ2v) is 13.6. The van der Waals surface area contributed by atoms with Crippen LogP contribution in [0.2, 0.25) is 0 Å². The van der Waals surface area contributed by atoms with Gasteiger partial charge in [-0.2, -0.15) is 13.2 Å². The number of nitrogens with one attached hydrogen (secondary N) is 1. The highest BCUT2D eigenvalue weighted by atomic mass is 19.4. The Morgan fingerprint density at radius 3 is 2.12 bits per heavy atom. The van der Waals surface area contributed by atoms with Gasteiger partial charge in [0.05, 0.1) is 33.3 Å². The average molecular weight is 747 g/mol. The van der Waals surface area contributed by atoms with E-state index in [0.717, 1.165) is 34.5 Å². The van der Waals surface area contributed by atoms with Gasteiger partial charge in [0.1, 0.15) is 23.0 Å². The van der Waals surface area contributed by atoms with Gasteiger partial charge in [-0.05, 0) is 83.8 Å². The molecule has 4 heterocycles. The molecule has 5 aromatic carbocycles. The molecule has 0 unspecified atom stereocenters. The second-order valence-electron chi connectivity index (χ2n) is 13.6. The molecule has 0 bridgehead atoms. The number of para-hydroxylation sites is 1. The van der Waals surface area contributed by atoms with Gasteiger partial charge in [-0.15, -0.1) is 0 Å². The monoisotopic (exact) mass is 746 g/mol. The van der Waals surface area contributed by atoms with E-state index in [1.807, 2.05) is 54.6 Å². The van der Waals surface area contributed by atoms with Gasteiger partial charge in [0.2, 0.25) is 0 Å². The molecule has 0 saturated carbocycles. The van der Waals surface area contributed by atoms with Crippen LogP contribution in [0.25, 0.3) is 78.5 Å². The van der Waals surface area contributed by atoms with Crippen LogP contribution in [0.3, 0.4) is 0 Å². The zero-order chi connectivity index (χ0) is 38.1. The summed E-state index contributed by atoms with van der Waals surface area (Å²) in [6, 6.07) is 25.7. The van der Waals surface area contributed by atoms with E-state index in [9.17, 15) is 8.78 Å². The number of halogens is 5. The molecule has 0 saturated heterocycles. The predicted molar refractivity (Wildman–Crippen MR) is 210 cm³/mol. The van der Waals surface area contributed by atoms with Crippen LogP contribution in [-0.2, 0) is 12.6 Å². The fourth-order valence-corrected chi connectivity index (χ4v) is 7.96. The summed E-state index contributed by atoms with van der Waals surface area (Å²) < 4.78 is 81.9. The summed E-state index contributed by atoms with van der Waals surface area (Å²) in [7, 11) is 0. The third kappa shape index (κ3) is 5.42. The highest BCUT2D eigenvalue weighted by Gasteiger charge is 2.39. The van der Waals surface area contributed by atoms with E-state index >= 15 is 13.2 Å². The summed E-state index contributed by atoms with van der Waals surface area (Å²) in [6.45, 7) is 0. The van der Waals surface area contributed by atoms with Gasteiger partial charge >= 0.3 is 6.18 Å². The van der Waals surface area contributed by atoms with E-state index in [0.29, 0.717) is 56.1 Å². The average Bonchev–Trinajstić information content (AvgIpc) is 3.72. The molecule has 0 amide bonds. The van der Waals surface area contributed by atoms with Crippen molar-refractivity contribution < 1.29 is 22.0 Å². The van der Waals surface area contributed by atoms with Crippen LogP contribution < -0.4 is 15.9 Å². The van der Waals surface area contributed by atoms with Gasteiger partial charge in [0, 0.05) is 57.8 Å². The number of fused-ring (bicyclic) bond motifs is 6. The van der Waals surface area contributed by atoms with Gasteiger partial charge in [-0.1, -0.05) is 54.6 Å². The molecule has 1 N–H and O–H groups in total. The number of alkyl halides is 3. The Morgan fingerprint density at radius 1 is 0.643 bits per heavy atom. The van der Waals surface area contributed by atoms with Gasteiger partial charge < -0.3 is 14.5 Å². The lowest BCUT2D eigenvalue weighted by Gasteiger charge is -2.23. The lowest BCUT2D eigenvalue weighted by molar-refractivity contribution is -0.137. The standard InChI is InChI=1S/C45H27F5N6/c46-30-19-28(20-31(47)25-30)29-23-40(55-36-9-3-1-7-32(36)34-13-11-26(21-38(34)55)43-51-15-5-16-52-43)42(45(48,49)50)41(24-29)56-37-10-4-2-8-33(37)35-14-12-27(22-39(35)56)44-53-17-6-18-54-44/h1-7,9-25,53H,8H2. The van der Waals surface area contributed by atoms with Crippen molar-refractivity contribution in [1.29, 1.82) is 0 Å². The molecule has 10 rings (SSSR count). The first-order chi connectivity index (χ1) is 27.2. The molecular weight excluding hydrogens is 720 g/mol. The van der Waals surface area contributed by atoms with E-state index in [-0.39, 0.29) is 22.5 Å². The molecule has 0 atom stereocenters. The summed E-state index contributed by atoms with van der Waals surface area (Å²) in [6.07, 6.45) is 9.45. The van der Waals surface area contributed by atoms with Gasteiger partial charge in [0.15, 0.2) is 5.82 Å². The maximum atomic E-state index is 16.3. The van der Waals surface area contributed by atoms with Crippen LogP contribution >= 0.6 is 0 Å². The minimum Gasteiger partial charge on any atom is -0.346 e. The first-order valence-electron chi connectivity index (χ1n) is 17.8. The Bertz CT molecular complexity index is 3130. The third-order valence-electron chi connectivity index (χ3n) is 10.3. The van der Waals surface area contributed by atoms with Crippen LogP contribution in [0.4, 0.5) is 22.0 Å². The number of aromatic nitrogens is 4. The smallest absolute Gasteiger partial charge is 0.346 e. The zero-order valence-corrected chi connectivity index (χ0v) is 29.2. The van der Waals surface area contributed by atoms with Gasteiger partial charge in [-0.25, -0.2) is 23.7 Å². The number of rotatable bonds is 4. The van der Waals surface area contributed by atoms with Crippen LogP contribution in [0, 0.1) is 11.6 Å². The van der Waals surface area contributed by atoms with Crippen molar-refractivity contribution in [3.05, 3.63) is 167 Å². The van der Waals surface area contributed by atoms with E-state index in [1.54, 1.807) is 70.4 Å². The Balaban J connectivity index is 1.39. The van der Waals surface area contributed by atoms with Crippen molar-refractivity contribution in [2.24, 2.45) is 4.99 Å². The Labute approximate surface area is 315 Å². The van der Waals surface area contributed by atoms with E-state index in [4.69, 9.17) is 0 Å². The molecule has 2 aliphatic rings. The number of hydrogen-bond donors (Lipinski definition) is 1. The lowest BCUT2D eigenvalue weighted by Crippen LogP contribution is -2.24. The van der Waals surface area contributed by atoms with Crippen LogP contribution in [0.15, 0.2) is 139 Å². The Hall–Kier alpha value is -7.14. The molecule has 11 heteroatoms. The Kier molecular flexibility index (Phi) is 7.60. The van der Waals surface area contributed by atoms with Crippen molar-refractivity contribution in [1.82, 2.24) is 24.4 Å². The number of hydrogen-bond acceptors (Lipinski definition) is 4. The van der Waals surface area contributed by atoms with Crippen molar-refractivity contribution in [2.75, 3.05) is 0 Å².